The zero-order chi connectivity index (χ0) is 23.5. The molecule has 0 saturated carbocycles. The molecule has 0 spiro atoms. The van der Waals surface area contributed by atoms with E-state index in [1.165, 1.54) is 17.4 Å². The second-order valence-corrected chi connectivity index (χ2v) is 8.68. The highest BCUT2D eigenvalue weighted by Gasteiger charge is 2.16. The number of para-hydroxylation sites is 2. The molecule has 5 nitrogen and oxygen atoms in total. The predicted octanol–water partition coefficient (Wildman–Crippen LogP) is 5.83. The van der Waals surface area contributed by atoms with Crippen LogP contribution in [0.25, 0.3) is 32.4 Å². The number of rotatable bonds is 6. The van der Waals surface area contributed by atoms with Gasteiger partial charge in [0.05, 0.1) is 33.6 Å². The molecule has 0 unspecified atom stereocenters. The molecule has 2 heterocycles. The van der Waals surface area contributed by atoms with Gasteiger partial charge in [-0.1, -0.05) is 65.9 Å². The monoisotopic (exact) mass is 471 g/mol. The summed E-state index contributed by atoms with van der Waals surface area (Å²) in [6.45, 7) is 3.26. The lowest BCUT2D eigenvalue weighted by atomic mass is 10.0. The van der Waals surface area contributed by atoms with E-state index in [0.29, 0.717) is 46.9 Å². The maximum Gasteiger partial charge on any atom is 0.280 e. The Morgan fingerprint density at radius 2 is 1.85 bits per heavy atom. The Hall–Kier alpha value is -3.68. The van der Waals surface area contributed by atoms with Gasteiger partial charge in [-0.05, 0) is 31.2 Å². The van der Waals surface area contributed by atoms with E-state index in [1.54, 1.807) is 16.7 Å². The number of amides is 1. The highest BCUT2D eigenvalue weighted by atomic mass is 32.1. The molecule has 0 bridgehead atoms. The van der Waals surface area contributed by atoms with Crippen LogP contribution in [0.1, 0.15) is 17.3 Å². The largest absolute Gasteiger partial charge is 0.380 e. The van der Waals surface area contributed by atoms with Gasteiger partial charge in [-0.3, -0.25) is 4.79 Å². The minimum absolute atomic E-state index is 0.347. The van der Waals surface area contributed by atoms with Crippen LogP contribution in [0.3, 0.4) is 0 Å². The molecule has 5 rings (SSSR count). The zero-order valence-corrected chi connectivity index (χ0v) is 19.4. The van der Waals surface area contributed by atoms with Gasteiger partial charge in [0.25, 0.3) is 5.91 Å². The van der Waals surface area contributed by atoms with Crippen LogP contribution in [0.5, 0.6) is 0 Å². The normalized spacial score (nSPS) is 12.0. The first kappa shape index (κ1) is 22.1. The van der Waals surface area contributed by atoms with Crippen molar-refractivity contribution in [3.8, 4) is 11.3 Å². The van der Waals surface area contributed by atoms with Crippen LogP contribution in [-0.2, 0) is 11.3 Å². The first-order valence-electron chi connectivity index (χ1n) is 11.1. The van der Waals surface area contributed by atoms with Gasteiger partial charge in [0.2, 0.25) is 0 Å². The van der Waals surface area contributed by atoms with Crippen molar-refractivity contribution in [3.05, 3.63) is 95.0 Å². The van der Waals surface area contributed by atoms with Crippen molar-refractivity contribution in [3.63, 3.8) is 0 Å². The van der Waals surface area contributed by atoms with Crippen molar-refractivity contribution in [1.29, 1.82) is 0 Å². The summed E-state index contributed by atoms with van der Waals surface area (Å²) in [5.74, 6) is -0.743. The number of ether oxygens (including phenoxy) is 1. The number of fused-ring (bicyclic) bond motifs is 2. The number of benzene rings is 3. The summed E-state index contributed by atoms with van der Waals surface area (Å²) in [5.41, 5.74) is 3.22. The van der Waals surface area contributed by atoms with Gasteiger partial charge < -0.3 is 9.30 Å². The van der Waals surface area contributed by atoms with Crippen LogP contribution < -0.4 is 4.80 Å². The van der Waals surface area contributed by atoms with Gasteiger partial charge in [-0.25, -0.2) is 9.37 Å². The molecular formula is C27H22FN3O2S. The third-order valence-corrected chi connectivity index (χ3v) is 6.57. The second kappa shape index (κ2) is 9.67. The molecule has 0 atom stereocenters. The zero-order valence-electron chi connectivity index (χ0n) is 18.6. The summed E-state index contributed by atoms with van der Waals surface area (Å²) in [5, 5.41) is 0.726. The van der Waals surface area contributed by atoms with Crippen LogP contribution in [0, 0.1) is 5.82 Å². The summed E-state index contributed by atoms with van der Waals surface area (Å²) in [6.07, 6.45) is 0. The Morgan fingerprint density at radius 1 is 1.06 bits per heavy atom. The lowest BCUT2D eigenvalue weighted by molar-refractivity contribution is 0.0998. The average molecular weight is 472 g/mol. The Balaban J connectivity index is 1.67. The summed E-state index contributed by atoms with van der Waals surface area (Å²) in [4.78, 5) is 23.2. The van der Waals surface area contributed by atoms with E-state index in [0.717, 1.165) is 15.6 Å². The maximum atomic E-state index is 14.7. The number of nitrogens with zero attached hydrogens (tertiary/aromatic N) is 3. The summed E-state index contributed by atoms with van der Waals surface area (Å²) in [6, 6.07) is 23.9. The number of hydrogen-bond acceptors (Lipinski definition) is 4. The number of halogens is 1. The summed E-state index contributed by atoms with van der Waals surface area (Å²) < 4.78 is 22.6. The van der Waals surface area contributed by atoms with Crippen LogP contribution in [0.2, 0.25) is 0 Å². The van der Waals surface area contributed by atoms with Crippen LogP contribution in [0.4, 0.5) is 4.39 Å². The Morgan fingerprint density at radius 3 is 2.68 bits per heavy atom. The lowest BCUT2D eigenvalue weighted by Crippen LogP contribution is -2.20. The number of aromatic nitrogens is 2. The van der Waals surface area contributed by atoms with E-state index in [4.69, 9.17) is 9.72 Å². The van der Waals surface area contributed by atoms with Gasteiger partial charge in [-0.2, -0.15) is 4.99 Å². The summed E-state index contributed by atoms with van der Waals surface area (Å²) >= 11 is 1.29. The lowest BCUT2D eigenvalue weighted by Gasteiger charge is -2.08. The van der Waals surface area contributed by atoms with Gasteiger partial charge >= 0.3 is 0 Å². The molecule has 170 valence electrons. The maximum absolute atomic E-state index is 14.7. The molecule has 0 aliphatic carbocycles. The molecule has 0 N–H and O–H groups in total. The van der Waals surface area contributed by atoms with Gasteiger partial charge in [0, 0.05) is 24.1 Å². The smallest absolute Gasteiger partial charge is 0.280 e. The quantitative estimate of drug-likeness (QED) is 0.293. The molecule has 0 fully saturated rings. The second-order valence-electron chi connectivity index (χ2n) is 7.67. The van der Waals surface area contributed by atoms with Gasteiger partial charge in [0.15, 0.2) is 4.80 Å². The topological polar surface area (TPSA) is 56.5 Å². The standard InChI is InChI=1S/C27H22FN3O2S/c1-2-33-16-15-31-25-21(28)12-8-14-24(25)34-27(31)30-26(32)20-17-23(18-9-4-3-5-10-18)29-22-13-7-6-11-19(20)22/h3-14,17H,2,15-16H2,1H3. The Bertz CT molecular complexity index is 1560. The van der Waals surface area contributed by atoms with E-state index < -0.39 is 5.91 Å². The van der Waals surface area contributed by atoms with Crippen molar-refractivity contribution in [2.75, 3.05) is 13.2 Å². The van der Waals surface area contributed by atoms with E-state index >= 15 is 0 Å². The fourth-order valence-corrected chi connectivity index (χ4v) is 5.00. The van der Waals surface area contributed by atoms with E-state index in [-0.39, 0.29) is 5.82 Å². The highest BCUT2D eigenvalue weighted by molar-refractivity contribution is 7.16. The van der Waals surface area contributed by atoms with E-state index in [1.807, 2.05) is 67.6 Å². The third-order valence-electron chi connectivity index (χ3n) is 5.53. The highest BCUT2D eigenvalue weighted by Crippen LogP contribution is 2.26. The fourth-order valence-electron chi connectivity index (χ4n) is 3.94. The van der Waals surface area contributed by atoms with Crippen molar-refractivity contribution < 1.29 is 13.9 Å². The van der Waals surface area contributed by atoms with Crippen LogP contribution >= 0.6 is 11.3 Å². The number of carbonyl (C=O) groups is 1. The molecular weight excluding hydrogens is 449 g/mol. The molecule has 1 amide bonds. The Kier molecular flexibility index (Phi) is 6.29. The van der Waals surface area contributed by atoms with Gasteiger partial charge in [-0.15, -0.1) is 0 Å². The average Bonchev–Trinajstić information content (AvgIpc) is 3.22. The molecule has 5 aromatic rings. The predicted molar refractivity (Wildman–Crippen MR) is 133 cm³/mol. The number of pyridine rings is 1. The summed E-state index contributed by atoms with van der Waals surface area (Å²) in [7, 11) is 0. The Labute approximate surface area is 199 Å². The SMILES string of the molecule is CCOCCn1c(=NC(=O)c2cc(-c3ccccc3)nc3ccccc23)sc2cccc(F)c21. The van der Waals surface area contributed by atoms with Gasteiger partial charge in [0.1, 0.15) is 5.82 Å². The molecule has 0 radical (unpaired) electrons. The minimum atomic E-state index is -0.395. The van der Waals surface area contributed by atoms with E-state index in [9.17, 15) is 9.18 Å². The number of hydrogen-bond donors (Lipinski definition) is 0. The molecule has 0 aliphatic heterocycles. The number of carbonyl (C=O) groups excluding carboxylic acids is 1. The molecule has 7 heteroatoms. The van der Waals surface area contributed by atoms with Crippen molar-refractivity contribution in [2.24, 2.45) is 4.99 Å². The minimum Gasteiger partial charge on any atom is -0.380 e. The van der Waals surface area contributed by atoms with E-state index in [2.05, 4.69) is 4.99 Å². The molecule has 0 saturated heterocycles. The molecule has 2 aromatic heterocycles. The van der Waals surface area contributed by atoms with Crippen molar-refractivity contribution >= 4 is 38.4 Å². The number of thiazole rings is 1. The fraction of sp³-hybridized carbons (Fsp3) is 0.148. The molecule has 3 aromatic carbocycles. The first-order valence-corrected chi connectivity index (χ1v) is 11.9. The van der Waals surface area contributed by atoms with Crippen molar-refractivity contribution in [2.45, 2.75) is 13.5 Å². The van der Waals surface area contributed by atoms with Crippen LogP contribution in [-0.4, -0.2) is 28.7 Å². The third kappa shape index (κ3) is 4.27. The molecule has 34 heavy (non-hydrogen) atoms. The van der Waals surface area contributed by atoms with Crippen molar-refractivity contribution in [1.82, 2.24) is 9.55 Å². The van der Waals surface area contributed by atoms with Crippen LogP contribution in [0.15, 0.2) is 83.9 Å². The molecule has 0 aliphatic rings. The first-order chi connectivity index (χ1) is 16.7.